The van der Waals surface area contributed by atoms with Crippen molar-refractivity contribution in [2.45, 2.75) is 0 Å². The zero-order chi connectivity index (χ0) is 24.4. The minimum atomic E-state index is 0.473. The molecular formula is C27H24N4O4. The van der Waals surface area contributed by atoms with Crippen molar-refractivity contribution in [3.8, 4) is 56.8 Å². The Kier molecular flexibility index (Phi) is 5.93. The van der Waals surface area contributed by atoms with E-state index in [1.807, 2.05) is 72.9 Å². The zero-order valence-electron chi connectivity index (χ0n) is 19.9. The first-order valence-electron chi connectivity index (χ1n) is 10.9. The van der Waals surface area contributed by atoms with Gasteiger partial charge in [-0.2, -0.15) is 5.10 Å². The van der Waals surface area contributed by atoms with Crippen LogP contribution in [0.25, 0.3) is 39.5 Å². The summed E-state index contributed by atoms with van der Waals surface area (Å²) in [5.41, 5.74) is 4.75. The Morgan fingerprint density at radius 3 is 1.74 bits per heavy atom. The lowest BCUT2D eigenvalue weighted by Crippen LogP contribution is -2.01. The van der Waals surface area contributed by atoms with E-state index in [1.54, 1.807) is 33.0 Å². The molecule has 0 spiro atoms. The fourth-order valence-corrected chi connectivity index (χ4v) is 3.85. The second-order valence-corrected chi connectivity index (χ2v) is 7.70. The summed E-state index contributed by atoms with van der Waals surface area (Å²) < 4.78 is 23.2. The van der Waals surface area contributed by atoms with Crippen molar-refractivity contribution in [3.05, 3.63) is 72.9 Å². The number of hydrogen-bond donors (Lipinski definition) is 0. The normalized spacial score (nSPS) is 10.9. The number of imidazole rings is 1. The fourth-order valence-electron chi connectivity index (χ4n) is 3.85. The first kappa shape index (κ1) is 22.2. The van der Waals surface area contributed by atoms with Crippen LogP contribution >= 0.6 is 0 Å². The lowest BCUT2D eigenvalue weighted by atomic mass is 10.0. The standard InChI is InChI=1S/C27H24N4O4/c1-32-19-9-5-17(6-10-19)25-26(18-7-11-20(33-2)12-8-18)30-31-16-23(28-27(31)29-25)22-14-13-21(34-3)15-24(22)35-4/h5-16H,1-4H3. The lowest BCUT2D eigenvalue weighted by Gasteiger charge is -2.10. The molecule has 0 unspecified atom stereocenters. The van der Waals surface area contributed by atoms with Gasteiger partial charge in [0.05, 0.1) is 40.3 Å². The van der Waals surface area contributed by atoms with E-state index in [-0.39, 0.29) is 0 Å². The summed E-state index contributed by atoms with van der Waals surface area (Å²) in [7, 11) is 6.52. The van der Waals surface area contributed by atoms with Gasteiger partial charge in [0, 0.05) is 22.8 Å². The van der Waals surface area contributed by atoms with Crippen molar-refractivity contribution >= 4 is 5.78 Å². The van der Waals surface area contributed by atoms with Crippen LogP contribution in [0.5, 0.6) is 23.0 Å². The third kappa shape index (κ3) is 4.21. The number of fused-ring (bicyclic) bond motifs is 1. The van der Waals surface area contributed by atoms with Crippen molar-refractivity contribution in [3.63, 3.8) is 0 Å². The highest BCUT2D eigenvalue weighted by Gasteiger charge is 2.18. The second-order valence-electron chi connectivity index (χ2n) is 7.70. The second kappa shape index (κ2) is 9.34. The number of hydrogen-bond acceptors (Lipinski definition) is 7. The molecule has 3 aromatic carbocycles. The maximum Gasteiger partial charge on any atom is 0.251 e. The molecule has 0 N–H and O–H groups in total. The van der Waals surface area contributed by atoms with Gasteiger partial charge in [0.15, 0.2) is 0 Å². The Balaban J connectivity index is 1.69. The molecule has 35 heavy (non-hydrogen) atoms. The number of ether oxygens (including phenoxy) is 4. The van der Waals surface area contributed by atoms with Crippen LogP contribution < -0.4 is 18.9 Å². The van der Waals surface area contributed by atoms with Gasteiger partial charge in [0.1, 0.15) is 34.4 Å². The van der Waals surface area contributed by atoms with Gasteiger partial charge in [0.25, 0.3) is 5.78 Å². The molecule has 176 valence electrons. The van der Waals surface area contributed by atoms with Gasteiger partial charge in [-0.1, -0.05) is 0 Å². The Labute approximate surface area is 202 Å². The Hall–Kier alpha value is -4.59. The molecular weight excluding hydrogens is 444 g/mol. The summed E-state index contributed by atoms with van der Waals surface area (Å²) in [5, 5.41) is 4.91. The predicted octanol–water partition coefficient (Wildman–Crippen LogP) is 5.16. The summed E-state index contributed by atoms with van der Waals surface area (Å²) in [4.78, 5) is 9.66. The van der Waals surface area contributed by atoms with Crippen LogP contribution in [0.3, 0.4) is 0 Å². The van der Waals surface area contributed by atoms with Gasteiger partial charge in [-0.05, 0) is 60.7 Å². The molecule has 0 bridgehead atoms. The van der Waals surface area contributed by atoms with E-state index in [2.05, 4.69) is 0 Å². The van der Waals surface area contributed by atoms with Gasteiger partial charge < -0.3 is 18.9 Å². The largest absolute Gasteiger partial charge is 0.497 e. The number of nitrogens with zero attached hydrogens (tertiary/aromatic N) is 4. The first-order chi connectivity index (χ1) is 17.1. The van der Waals surface area contributed by atoms with E-state index in [4.69, 9.17) is 34.0 Å². The Morgan fingerprint density at radius 1 is 0.600 bits per heavy atom. The van der Waals surface area contributed by atoms with Crippen molar-refractivity contribution in [2.24, 2.45) is 0 Å². The number of rotatable bonds is 7. The highest BCUT2D eigenvalue weighted by Crippen LogP contribution is 2.35. The molecule has 0 fully saturated rings. The monoisotopic (exact) mass is 468 g/mol. The summed E-state index contributed by atoms with van der Waals surface area (Å²) in [6.45, 7) is 0. The van der Waals surface area contributed by atoms with Gasteiger partial charge in [0.2, 0.25) is 0 Å². The minimum Gasteiger partial charge on any atom is -0.497 e. The third-order valence-corrected chi connectivity index (χ3v) is 5.73. The SMILES string of the molecule is COc1ccc(-c2nc3nc(-c4ccc(OC)cc4OC)cn3nc2-c2ccc(OC)cc2)cc1. The highest BCUT2D eigenvalue weighted by molar-refractivity contribution is 5.79. The molecule has 8 heteroatoms. The van der Waals surface area contributed by atoms with Crippen LogP contribution in [0.1, 0.15) is 0 Å². The molecule has 0 aliphatic heterocycles. The van der Waals surface area contributed by atoms with E-state index in [1.165, 1.54) is 0 Å². The van der Waals surface area contributed by atoms with E-state index in [0.717, 1.165) is 33.9 Å². The van der Waals surface area contributed by atoms with Gasteiger partial charge in [-0.3, -0.25) is 0 Å². The highest BCUT2D eigenvalue weighted by atomic mass is 16.5. The summed E-state index contributed by atoms with van der Waals surface area (Å²) in [6.07, 6.45) is 1.84. The lowest BCUT2D eigenvalue weighted by molar-refractivity contribution is 0.395. The van der Waals surface area contributed by atoms with Crippen LogP contribution in [-0.2, 0) is 0 Å². The molecule has 5 aromatic rings. The quantitative estimate of drug-likeness (QED) is 0.326. The van der Waals surface area contributed by atoms with Crippen LogP contribution in [0.2, 0.25) is 0 Å². The van der Waals surface area contributed by atoms with E-state index in [9.17, 15) is 0 Å². The maximum absolute atomic E-state index is 5.57. The van der Waals surface area contributed by atoms with Crippen molar-refractivity contribution in [1.29, 1.82) is 0 Å². The average Bonchev–Trinajstić information content (AvgIpc) is 3.35. The molecule has 0 amide bonds. The Morgan fingerprint density at radius 2 is 1.17 bits per heavy atom. The molecule has 0 saturated heterocycles. The number of benzene rings is 3. The molecule has 2 heterocycles. The molecule has 0 saturated carbocycles. The fraction of sp³-hybridized carbons (Fsp3) is 0.148. The first-order valence-corrected chi connectivity index (χ1v) is 10.9. The Bertz CT molecular complexity index is 1390. The zero-order valence-corrected chi connectivity index (χ0v) is 19.9. The topological polar surface area (TPSA) is 80.0 Å². The average molecular weight is 469 g/mol. The van der Waals surface area contributed by atoms with Gasteiger partial charge >= 0.3 is 0 Å². The van der Waals surface area contributed by atoms with Gasteiger partial charge in [-0.25, -0.2) is 14.5 Å². The summed E-state index contributed by atoms with van der Waals surface area (Å²) in [6, 6.07) is 21.1. The molecule has 0 atom stereocenters. The van der Waals surface area contributed by atoms with Crippen molar-refractivity contribution in [2.75, 3.05) is 28.4 Å². The van der Waals surface area contributed by atoms with Crippen molar-refractivity contribution in [1.82, 2.24) is 19.6 Å². The van der Waals surface area contributed by atoms with E-state index in [0.29, 0.717) is 28.7 Å². The van der Waals surface area contributed by atoms with Crippen LogP contribution in [0.15, 0.2) is 72.9 Å². The molecule has 8 nitrogen and oxygen atoms in total. The number of methoxy groups -OCH3 is 4. The van der Waals surface area contributed by atoms with Crippen LogP contribution in [-0.4, -0.2) is 48.0 Å². The predicted molar refractivity (Wildman–Crippen MR) is 133 cm³/mol. The smallest absolute Gasteiger partial charge is 0.251 e. The van der Waals surface area contributed by atoms with Crippen LogP contribution in [0, 0.1) is 0 Å². The molecule has 0 aliphatic rings. The molecule has 2 aromatic heterocycles. The third-order valence-electron chi connectivity index (χ3n) is 5.73. The van der Waals surface area contributed by atoms with Gasteiger partial charge in [-0.15, -0.1) is 0 Å². The van der Waals surface area contributed by atoms with E-state index < -0.39 is 0 Å². The van der Waals surface area contributed by atoms with E-state index >= 15 is 0 Å². The summed E-state index contributed by atoms with van der Waals surface area (Å²) >= 11 is 0. The maximum atomic E-state index is 5.57. The van der Waals surface area contributed by atoms with Crippen LogP contribution in [0.4, 0.5) is 0 Å². The van der Waals surface area contributed by atoms with Crippen molar-refractivity contribution < 1.29 is 18.9 Å². The molecule has 0 radical (unpaired) electrons. The minimum absolute atomic E-state index is 0.473. The number of aromatic nitrogens is 4. The molecule has 5 rings (SSSR count). The molecule has 0 aliphatic carbocycles. The summed E-state index contributed by atoms with van der Waals surface area (Å²) in [5.74, 6) is 3.36.